The summed E-state index contributed by atoms with van der Waals surface area (Å²) in [4.78, 5) is 13.2. The van der Waals surface area contributed by atoms with Crippen LogP contribution in [0.25, 0.3) is 0 Å². The molecule has 1 heterocycles. The smallest absolute Gasteiger partial charge is 0.310 e. The highest BCUT2D eigenvalue weighted by Gasteiger charge is 2.13. The maximum Gasteiger partial charge on any atom is 0.310 e. The van der Waals surface area contributed by atoms with E-state index in [1.54, 1.807) is 13.2 Å². The minimum absolute atomic E-state index is 0.468. The van der Waals surface area contributed by atoms with Gasteiger partial charge in [0.2, 0.25) is 0 Å². The molecular weight excluding hydrogens is 266 g/mol. The summed E-state index contributed by atoms with van der Waals surface area (Å²) in [6.45, 7) is 6.33. The molecule has 2 rings (SSSR count). The van der Waals surface area contributed by atoms with E-state index in [9.17, 15) is 4.79 Å². The number of benzene rings is 1. The predicted molar refractivity (Wildman–Crippen MR) is 81.0 cm³/mol. The van der Waals surface area contributed by atoms with Gasteiger partial charge in [0.1, 0.15) is 5.76 Å². The molecule has 1 aromatic heterocycles. The summed E-state index contributed by atoms with van der Waals surface area (Å²) in [7, 11) is 0. The van der Waals surface area contributed by atoms with Gasteiger partial charge in [0.25, 0.3) is 0 Å². The van der Waals surface area contributed by atoms with Crippen LogP contribution in [0.2, 0.25) is 0 Å². The lowest BCUT2D eigenvalue weighted by atomic mass is 10.00. The van der Waals surface area contributed by atoms with Gasteiger partial charge in [0.05, 0.1) is 18.7 Å². The SMILES string of the molecule is CCN(Cc1ccc(C(C)C(=O)O)cc1)Cc1ccco1. The van der Waals surface area contributed by atoms with Gasteiger partial charge in [0.15, 0.2) is 0 Å². The molecule has 1 unspecified atom stereocenters. The van der Waals surface area contributed by atoms with Gasteiger partial charge in [0, 0.05) is 6.54 Å². The van der Waals surface area contributed by atoms with E-state index in [0.29, 0.717) is 0 Å². The molecule has 2 aromatic rings. The number of furan rings is 1. The van der Waals surface area contributed by atoms with Crippen LogP contribution >= 0.6 is 0 Å². The fourth-order valence-electron chi connectivity index (χ4n) is 2.21. The molecule has 1 atom stereocenters. The van der Waals surface area contributed by atoms with Crippen molar-refractivity contribution in [1.29, 1.82) is 0 Å². The number of carbonyl (C=O) groups is 1. The average Bonchev–Trinajstić information content (AvgIpc) is 2.99. The molecule has 1 N–H and O–H groups in total. The monoisotopic (exact) mass is 287 g/mol. The van der Waals surface area contributed by atoms with Crippen molar-refractivity contribution in [1.82, 2.24) is 4.90 Å². The van der Waals surface area contributed by atoms with E-state index in [4.69, 9.17) is 9.52 Å². The van der Waals surface area contributed by atoms with Crippen LogP contribution in [0.4, 0.5) is 0 Å². The maximum atomic E-state index is 11.0. The van der Waals surface area contributed by atoms with Crippen molar-refractivity contribution in [2.24, 2.45) is 0 Å². The van der Waals surface area contributed by atoms with E-state index in [-0.39, 0.29) is 0 Å². The molecule has 4 nitrogen and oxygen atoms in total. The van der Waals surface area contributed by atoms with Crippen LogP contribution in [0, 0.1) is 0 Å². The molecule has 0 aliphatic heterocycles. The lowest BCUT2D eigenvalue weighted by molar-refractivity contribution is -0.138. The third kappa shape index (κ3) is 4.20. The number of nitrogens with zero attached hydrogens (tertiary/aromatic N) is 1. The molecule has 0 bridgehead atoms. The van der Waals surface area contributed by atoms with Gasteiger partial charge in [-0.15, -0.1) is 0 Å². The molecule has 0 saturated heterocycles. The first-order valence-electron chi connectivity index (χ1n) is 7.16. The number of carboxylic acid groups (broad SMARTS) is 1. The number of aliphatic carboxylic acids is 1. The van der Waals surface area contributed by atoms with E-state index in [1.165, 1.54) is 5.56 Å². The molecule has 21 heavy (non-hydrogen) atoms. The Morgan fingerprint density at radius 3 is 2.48 bits per heavy atom. The summed E-state index contributed by atoms with van der Waals surface area (Å²) in [6.07, 6.45) is 1.69. The molecule has 0 saturated carbocycles. The normalized spacial score (nSPS) is 12.5. The summed E-state index contributed by atoms with van der Waals surface area (Å²) in [5, 5.41) is 9.01. The highest BCUT2D eigenvalue weighted by atomic mass is 16.4. The maximum absolute atomic E-state index is 11.0. The summed E-state index contributed by atoms with van der Waals surface area (Å²) >= 11 is 0. The van der Waals surface area contributed by atoms with Gasteiger partial charge in [-0.3, -0.25) is 9.69 Å². The zero-order chi connectivity index (χ0) is 15.2. The Kier molecular flexibility index (Phi) is 5.17. The predicted octanol–water partition coefficient (Wildman–Crippen LogP) is 3.49. The summed E-state index contributed by atoms with van der Waals surface area (Å²) in [5.41, 5.74) is 2.00. The Balaban J connectivity index is 1.99. The Morgan fingerprint density at radius 2 is 1.95 bits per heavy atom. The Bertz CT molecular complexity index is 560. The standard InChI is InChI=1S/C17H21NO3/c1-3-18(12-16-5-4-10-21-16)11-14-6-8-15(9-7-14)13(2)17(19)20/h4-10,13H,3,11-12H2,1-2H3,(H,19,20). The van der Waals surface area contributed by atoms with Gasteiger partial charge >= 0.3 is 5.97 Å². The highest BCUT2D eigenvalue weighted by molar-refractivity contribution is 5.75. The van der Waals surface area contributed by atoms with Crippen molar-refractivity contribution >= 4 is 5.97 Å². The van der Waals surface area contributed by atoms with Crippen molar-refractivity contribution in [2.75, 3.05) is 6.54 Å². The Morgan fingerprint density at radius 1 is 1.24 bits per heavy atom. The number of rotatable bonds is 7. The molecule has 112 valence electrons. The second kappa shape index (κ2) is 7.09. The van der Waals surface area contributed by atoms with Crippen LogP contribution in [-0.4, -0.2) is 22.5 Å². The van der Waals surface area contributed by atoms with E-state index in [2.05, 4.69) is 11.8 Å². The van der Waals surface area contributed by atoms with Crippen molar-refractivity contribution in [2.45, 2.75) is 32.9 Å². The first-order chi connectivity index (χ1) is 10.1. The molecule has 4 heteroatoms. The summed E-state index contributed by atoms with van der Waals surface area (Å²) in [5.74, 6) is -0.312. The van der Waals surface area contributed by atoms with Crippen molar-refractivity contribution in [3.05, 3.63) is 59.5 Å². The van der Waals surface area contributed by atoms with E-state index in [1.807, 2.05) is 36.4 Å². The van der Waals surface area contributed by atoms with Crippen LogP contribution in [0.3, 0.4) is 0 Å². The minimum atomic E-state index is -0.796. The third-order valence-electron chi connectivity index (χ3n) is 3.66. The highest BCUT2D eigenvalue weighted by Crippen LogP contribution is 2.17. The van der Waals surface area contributed by atoms with E-state index in [0.717, 1.165) is 31.0 Å². The zero-order valence-corrected chi connectivity index (χ0v) is 12.5. The first-order valence-corrected chi connectivity index (χ1v) is 7.16. The molecule has 0 aliphatic carbocycles. The van der Waals surface area contributed by atoms with Crippen LogP contribution in [0.15, 0.2) is 47.1 Å². The molecule has 0 spiro atoms. The Labute approximate surface area is 125 Å². The fraction of sp³-hybridized carbons (Fsp3) is 0.353. The molecule has 0 amide bonds. The van der Waals surface area contributed by atoms with Crippen molar-refractivity contribution < 1.29 is 14.3 Å². The first kappa shape index (κ1) is 15.3. The van der Waals surface area contributed by atoms with E-state index < -0.39 is 11.9 Å². The number of hydrogen-bond donors (Lipinski definition) is 1. The van der Waals surface area contributed by atoms with Gasteiger partial charge in [-0.05, 0) is 36.7 Å². The van der Waals surface area contributed by atoms with Crippen LogP contribution in [-0.2, 0) is 17.9 Å². The molecular formula is C17H21NO3. The summed E-state index contributed by atoms with van der Waals surface area (Å²) < 4.78 is 5.37. The lowest BCUT2D eigenvalue weighted by Crippen LogP contribution is -2.22. The fourth-order valence-corrected chi connectivity index (χ4v) is 2.21. The van der Waals surface area contributed by atoms with Gasteiger partial charge in [-0.1, -0.05) is 31.2 Å². The largest absolute Gasteiger partial charge is 0.481 e. The molecule has 0 radical (unpaired) electrons. The second-order valence-electron chi connectivity index (χ2n) is 5.18. The lowest BCUT2D eigenvalue weighted by Gasteiger charge is -2.19. The van der Waals surface area contributed by atoms with Crippen LogP contribution in [0.1, 0.15) is 36.7 Å². The summed E-state index contributed by atoms with van der Waals surface area (Å²) in [6, 6.07) is 11.7. The molecule has 0 aliphatic rings. The van der Waals surface area contributed by atoms with E-state index >= 15 is 0 Å². The topological polar surface area (TPSA) is 53.7 Å². The minimum Gasteiger partial charge on any atom is -0.481 e. The zero-order valence-electron chi connectivity index (χ0n) is 12.5. The molecule has 1 aromatic carbocycles. The van der Waals surface area contributed by atoms with Gasteiger partial charge < -0.3 is 9.52 Å². The van der Waals surface area contributed by atoms with Crippen molar-refractivity contribution in [3.63, 3.8) is 0 Å². The molecule has 0 fully saturated rings. The van der Waals surface area contributed by atoms with Crippen molar-refractivity contribution in [3.8, 4) is 0 Å². The second-order valence-corrected chi connectivity index (χ2v) is 5.18. The number of carboxylic acids is 1. The Hall–Kier alpha value is -2.07. The van der Waals surface area contributed by atoms with Gasteiger partial charge in [-0.2, -0.15) is 0 Å². The van der Waals surface area contributed by atoms with Gasteiger partial charge in [-0.25, -0.2) is 0 Å². The van der Waals surface area contributed by atoms with Crippen LogP contribution in [0.5, 0.6) is 0 Å². The third-order valence-corrected chi connectivity index (χ3v) is 3.66. The van der Waals surface area contributed by atoms with Crippen LogP contribution < -0.4 is 0 Å². The number of hydrogen-bond acceptors (Lipinski definition) is 3. The quantitative estimate of drug-likeness (QED) is 0.847. The average molecular weight is 287 g/mol.